The monoisotopic (exact) mass is 452 g/mol. The summed E-state index contributed by atoms with van der Waals surface area (Å²) in [6, 6.07) is 7.49. The first-order valence-corrected chi connectivity index (χ1v) is 10.8. The van der Waals surface area contributed by atoms with Crippen LogP contribution < -0.4 is 5.56 Å². The van der Waals surface area contributed by atoms with Gasteiger partial charge in [0, 0.05) is 45.9 Å². The zero-order valence-corrected chi connectivity index (χ0v) is 18.0. The van der Waals surface area contributed by atoms with E-state index in [1.54, 1.807) is 4.57 Å². The van der Waals surface area contributed by atoms with E-state index < -0.39 is 12.8 Å². The highest BCUT2D eigenvalue weighted by Crippen LogP contribution is 2.17. The predicted octanol–water partition coefficient (Wildman–Crippen LogP) is 2.15. The molecule has 0 N–H and O–H groups in total. The van der Waals surface area contributed by atoms with Crippen molar-refractivity contribution in [2.75, 3.05) is 45.9 Å². The van der Waals surface area contributed by atoms with Crippen molar-refractivity contribution in [2.45, 2.75) is 32.6 Å². The van der Waals surface area contributed by atoms with E-state index in [4.69, 9.17) is 0 Å². The first kappa shape index (κ1) is 22.7. The zero-order valence-electron chi connectivity index (χ0n) is 18.0. The molecule has 3 aromatic rings. The smallest absolute Gasteiger partial charge is 0.372 e. The lowest BCUT2D eigenvalue weighted by Gasteiger charge is -2.34. The normalized spacial score (nSPS) is 16.4. The molecular formula is C21H27F3N6O2. The molecule has 2 aromatic heterocycles. The molecule has 174 valence electrons. The second-order valence-electron chi connectivity index (χ2n) is 7.96. The van der Waals surface area contributed by atoms with Gasteiger partial charge < -0.3 is 9.64 Å². The number of hydrogen-bond donors (Lipinski definition) is 0. The molecule has 1 aromatic carbocycles. The minimum atomic E-state index is -4.27. The van der Waals surface area contributed by atoms with E-state index in [9.17, 15) is 18.0 Å². The fourth-order valence-corrected chi connectivity index (χ4v) is 4.15. The zero-order chi connectivity index (χ0) is 22.7. The Labute approximate surface area is 183 Å². The summed E-state index contributed by atoms with van der Waals surface area (Å²) < 4.78 is 44.6. The summed E-state index contributed by atoms with van der Waals surface area (Å²) in [6.45, 7) is 5.97. The first-order valence-electron chi connectivity index (χ1n) is 10.8. The Morgan fingerprint density at radius 2 is 1.78 bits per heavy atom. The number of nitrogens with zero attached hydrogens (tertiary/aromatic N) is 6. The Kier molecular flexibility index (Phi) is 6.77. The molecule has 4 rings (SSSR count). The van der Waals surface area contributed by atoms with Crippen LogP contribution in [-0.2, 0) is 17.8 Å². The summed E-state index contributed by atoms with van der Waals surface area (Å²) in [5.41, 5.74) is 0.733. The summed E-state index contributed by atoms with van der Waals surface area (Å²) in [5, 5.41) is 9.33. The number of para-hydroxylation sites is 1. The number of rotatable bonds is 8. The molecule has 0 amide bonds. The van der Waals surface area contributed by atoms with Crippen molar-refractivity contribution < 1.29 is 17.9 Å². The number of piperazine rings is 1. The lowest BCUT2D eigenvalue weighted by Crippen LogP contribution is -2.46. The third-order valence-corrected chi connectivity index (χ3v) is 5.75. The molecule has 0 radical (unpaired) electrons. The third kappa shape index (κ3) is 4.94. The maximum Gasteiger partial charge on any atom is 0.411 e. The summed E-state index contributed by atoms with van der Waals surface area (Å²) in [7, 11) is 0. The van der Waals surface area contributed by atoms with E-state index in [1.165, 1.54) is 0 Å². The number of fused-ring (bicyclic) bond motifs is 3. The van der Waals surface area contributed by atoms with E-state index in [2.05, 4.69) is 24.7 Å². The molecule has 1 aliphatic rings. The number of aryl methyl sites for hydroxylation is 1. The van der Waals surface area contributed by atoms with Gasteiger partial charge in [-0.1, -0.05) is 12.1 Å². The van der Waals surface area contributed by atoms with E-state index >= 15 is 0 Å². The van der Waals surface area contributed by atoms with Crippen LogP contribution in [0.4, 0.5) is 13.2 Å². The van der Waals surface area contributed by atoms with Crippen molar-refractivity contribution in [1.29, 1.82) is 0 Å². The van der Waals surface area contributed by atoms with Crippen LogP contribution in [0.2, 0.25) is 0 Å². The Hall–Kier alpha value is -2.50. The number of ether oxygens (including phenoxy) is 1. The van der Waals surface area contributed by atoms with Gasteiger partial charge in [0.2, 0.25) is 5.78 Å². The molecule has 11 heteroatoms. The molecule has 8 nitrogen and oxygen atoms in total. The van der Waals surface area contributed by atoms with Crippen LogP contribution in [0.1, 0.15) is 19.2 Å². The van der Waals surface area contributed by atoms with Gasteiger partial charge in [0.05, 0.1) is 17.4 Å². The van der Waals surface area contributed by atoms with Gasteiger partial charge in [-0.15, -0.1) is 10.2 Å². The summed E-state index contributed by atoms with van der Waals surface area (Å²) in [4.78, 5) is 17.3. The fourth-order valence-electron chi connectivity index (χ4n) is 4.15. The lowest BCUT2D eigenvalue weighted by atomic mass is 10.2. The first-order chi connectivity index (χ1) is 15.4. The number of alkyl halides is 3. The molecule has 32 heavy (non-hydrogen) atoms. The van der Waals surface area contributed by atoms with Crippen LogP contribution in [0.15, 0.2) is 29.1 Å². The van der Waals surface area contributed by atoms with Crippen LogP contribution in [0.25, 0.3) is 16.7 Å². The van der Waals surface area contributed by atoms with Crippen molar-refractivity contribution in [1.82, 2.24) is 29.0 Å². The van der Waals surface area contributed by atoms with Crippen molar-refractivity contribution in [3.05, 3.63) is 40.4 Å². The maximum absolute atomic E-state index is 12.8. The average molecular weight is 452 g/mol. The van der Waals surface area contributed by atoms with Crippen LogP contribution in [0, 0.1) is 0 Å². The minimum Gasteiger partial charge on any atom is -0.372 e. The Bertz CT molecular complexity index is 1120. The highest BCUT2D eigenvalue weighted by atomic mass is 19.4. The predicted molar refractivity (Wildman–Crippen MR) is 114 cm³/mol. The molecule has 0 aliphatic carbocycles. The molecule has 3 heterocycles. The molecule has 0 atom stereocenters. The largest absolute Gasteiger partial charge is 0.411 e. The molecular weight excluding hydrogens is 425 g/mol. The van der Waals surface area contributed by atoms with Crippen molar-refractivity contribution >= 4 is 16.7 Å². The van der Waals surface area contributed by atoms with Gasteiger partial charge in [0.15, 0.2) is 5.82 Å². The van der Waals surface area contributed by atoms with E-state index in [0.29, 0.717) is 37.2 Å². The van der Waals surface area contributed by atoms with Gasteiger partial charge in [0.1, 0.15) is 6.61 Å². The van der Waals surface area contributed by atoms with Crippen LogP contribution in [-0.4, -0.2) is 81.1 Å². The Morgan fingerprint density at radius 1 is 1.06 bits per heavy atom. The molecule has 0 spiro atoms. The summed E-state index contributed by atoms with van der Waals surface area (Å²) >= 11 is 0. The second kappa shape index (κ2) is 9.55. The van der Waals surface area contributed by atoms with Crippen LogP contribution in [0.5, 0.6) is 0 Å². The molecule has 1 aliphatic heterocycles. The molecule has 0 bridgehead atoms. The number of halogens is 3. The average Bonchev–Trinajstić information content (AvgIpc) is 3.18. The molecule has 0 unspecified atom stereocenters. The second-order valence-corrected chi connectivity index (χ2v) is 7.96. The Balaban J connectivity index is 1.38. The molecule has 0 saturated carbocycles. The summed E-state index contributed by atoms with van der Waals surface area (Å²) in [5.74, 6) is 1.33. The van der Waals surface area contributed by atoms with E-state index in [0.717, 1.165) is 37.5 Å². The quantitative estimate of drug-likeness (QED) is 0.488. The molecule has 1 fully saturated rings. The maximum atomic E-state index is 12.8. The topological polar surface area (TPSA) is 67.9 Å². The van der Waals surface area contributed by atoms with Crippen molar-refractivity contribution in [3.63, 3.8) is 0 Å². The van der Waals surface area contributed by atoms with Gasteiger partial charge in [0.25, 0.3) is 5.56 Å². The standard InChI is InChI=1S/C21H27F3N6O2/c1-2-29-19(31)16-6-3-4-7-17(16)30-18(25-26-20(29)30)14-28-11-9-27(10-12-28)8-5-13-32-15-21(22,23)24/h3-4,6-7H,2,5,8-15H2,1H3. The van der Waals surface area contributed by atoms with E-state index in [1.807, 2.05) is 35.6 Å². The lowest BCUT2D eigenvalue weighted by molar-refractivity contribution is -0.174. The van der Waals surface area contributed by atoms with Gasteiger partial charge >= 0.3 is 6.18 Å². The van der Waals surface area contributed by atoms with Crippen molar-refractivity contribution in [2.24, 2.45) is 0 Å². The Morgan fingerprint density at radius 3 is 2.50 bits per heavy atom. The van der Waals surface area contributed by atoms with Crippen LogP contribution >= 0.6 is 0 Å². The van der Waals surface area contributed by atoms with Crippen LogP contribution in [0.3, 0.4) is 0 Å². The highest BCUT2D eigenvalue weighted by molar-refractivity contribution is 5.80. The van der Waals surface area contributed by atoms with Gasteiger partial charge in [-0.05, 0) is 25.5 Å². The summed E-state index contributed by atoms with van der Waals surface area (Å²) in [6.07, 6.45) is -3.69. The van der Waals surface area contributed by atoms with Crippen molar-refractivity contribution in [3.8, 4) is 0 Å². The SMILES string of the molecule is CCn1c(=O)c2ccccc2n2c(CN3CCN(CCCOCC(F)(F)F)CC3)nnc12. The van der Waals surface area contributed by atoms with Gasteiger partial charge in [-0.2, -0.15) is 13.2 Å². The van der Waals surface area contributed by atoms with Gasteiger partial charge in [-0.3, -0.25) is 18.7 Å². The number of hydrogen-bond acceptors (Lipinski definition) is 6. The number of aromatic nitrogens is 4. The number of benzene rings is 1. The van der Waals surface area contributed by atoms with Gasteiger partial charge in [-0.25, -0.2) is 0 Å². The van der Waals surface area contributed by atoms with E-state index in [-0.39, 0.29) is 12.2 Å². The highest BCUT2D eigenvalue weighted by Gasteiger charge is 2.27. The fraction of sp³-hybridized carbons (Fsp3) is 0.571. The molecule has 1 saturated heterocycles. The third-order valence-electron chi connectivity index (χ3n) is 5.75. The minimum absolute atomic E-state index is 0.0672.